The van der Waals surface area contributed by atoms with E-state index in [0.717, 1.165) is 0 Å². The molecular formula is C14H26O3Si. The second-order valence-corrected chi connectivity index (χ2v) is 10.5. The highest BCUT2D eigenvalue weighted by molar-refractivity contribution is 6.74. The molecule has 18 heavy (non-hydrogen) atoms. The first-order valence-corrected chi connectivity index (χ1v) is 9.19. The number of allylic oxidation sites excluding steroid dienone is 2. The molecule has 0 unspecified atom stereocenters. The van der Waals surface area contributed by atoms with Gasteiger partial charge in [-0.1, -0.05) is 39.5 Å². The zero-order valence-corrected chi connectivity index (χ0v) is 13.5. The van der Waals surface area contributed by atoms with Crippen LogP contribution in [0.4, 0.5) is 0 Å². The van der Waals surface area contributed by atoms with Crippen LogP contribution in [0, 0.1) is 0 Å². The molecule has 4 heteroatoms. The third-order valence-corrected chi connectivity index (χ3v) is 7.73. The second-order valence-electron chi connectivity index (χ2n) is 5.70. The molecule has 0 saturated carbocycles. The summed E-state index contributed by atoms with van der Waals surface area (Å²) in [7, 11) is -1.85. The molecular weight excluding hydrogens is 244 g/mol. The summed E-state index contributed by atoms with van der Waals surface area (Å²) in [5, 5.41) is 0.126. The zero-order valence-electron chi connectivity index (χ0n) is 12.5. The van der Waals surface area contributed by atoms with Crippen molar-refractivity contribution in [1.29, 1.82) is 0 Å². The average Bonchev–Trinajstić information content (AvgIpc) is 2.22. The van der Waals surface area contributed by atoms with Gasteiger partial charge < -0.3 is 9.16 Å². The molecule has 0 atom stereocenters. The number of carbonyl (C=O) groups excluding carboxylic acids is 1. The van der Waals surface area contributed by atoms with E-state index in [4.69, 9.17) is 9.16 Å². The minimum Gasteiger partial charge on any atom is -0.463 e. The van der Waals surface area contributed by atoms with E-state index in [2.05, 4.69) is 40.4 Å². The fourth-order valence-electron chi connectivity index (χ4n) is 1.02. The van der Waals surface area contributed by atoms with Gasteiger partial charge in [0.15, 0.2) is 8.32 Å². The zero-order chi connectivity index (χ0) is 14.4. The van der Waals surface area contributed by atoms with Gasteiger partial charge in [-0.2, -0.15) is 0 Å². The average molecular weight is 270 g/mol. The Morgan fingerprint density at radius 3 is 2.28 bits per heavy atom. The predicted octanol–water partition coefficient (Wildman–Crippen LogP) is 3.68. The third-order valence-electron chi connectivity index (χ3n) is 3.25. The molecule has 0 radical (unpaired) electrons. The molecule has 0 aliphatic rings. The molecule has 104 valence electrons. The smallest absolute Gasteiger partial charge is 0.336 e. The summed E-state index contributed by atoms with van der Waals surface area (Å²) in [6.07, 6.45) is 3.24. The molecule has 0 rings (SSSR count). The first kappa shape index (κ1) is 17.1. The number of carbonyl (C=O) groups is 1. The molecule has 0 bridgehead atoms. The Morgan fingerprint density at radius 2 is 1.89 bits per heavy atom. The van der Waals surface area contributed by atoms with Crippen molar-refractivity contribution in [2.75, 3.05) is 13.2 Å². The lowest BCUT2D eigenvalue weighted by Crippen LogP contribution is -2.41. The van der Waals surface area contributed by atoms with Crippen molar-refractivity contribution in [3.63, 3.8) is 0 Å². The molecule has 0 spiro atoms. The maximum absolute atomic E-state index is 11.7. The third kappa shape index (κ3) is 5.19. The van der Waals surface area contributed by atoms with E-state index in [0.29, 0.717) is 18.8 Å². The summed E-state index contributed by atoms with van der Waals surface area (Å²) in [5.74, 6) is -0.323. The Morgan fingerprint density at radius 1 is 1.33 bits per heavy atom. The molecule has 0 fully saturated rings. The summed E-state index contributed by atoms with van der Waals surface area (Å²) in [5.41, 5.74) is 0.525. The topological polar surface area (TPSA) is 35.5 Å². The van der Waals surface area contributed by atoms with Gasteiger partial charge in [0.25, 0.3) is 0 Å². The lowest BCUT2D eigenvalue weighted by Gasteiger charge is -2.36. The molecule has 0 aromatic heterocycles. The Balaban J connectivity index is 4.70. The molecule has 0 heterocycles. The van der Waals surface area contributed by atoms with Gasteiger partial charge >= 0.3 is 5.97 Å². The van der Waals surface area contributed by atoms with Gasteiger partial charge in [0, 0.05) is 0 Å². The van der Waals surface area contributed by atoms with Crippen molar-refractivity contribution in [3.05, 3.63) is 24.3 Å². The van der Waals surface area contributed by atoms with Gasteiger partial charge in [0.05, 0.1) is 18.8 Å². The Hall–Kier alpha value is -0.873. The van der Waals surface area contributed by atoms with E-state index >= 15 is 0 Å². The van der Waals surface area contributed by atoms with Crippen LogP contribution in [0.3, 0.4) is 0 Å². The van der Waals surface area contributed by atoms with Gasteiger partial charge in [0.2, 0.25) is 0 Å². The Labute approximate surface area is 112 Å². The maximum Gasteiger partial charge on any atom is 0.336 e. The summed E-state index contributed by atoms with van der Waals surface area (Å²) in [6.45, 7) is 16.9. The predicted molar refractivity (Wildman–Crippen MR) is 78.1 cm³/mol. The highest BCUT2D eigenvalue weighted by Crippen LogP contribution is 2.36. The molecule has 0 aliphatic heterocycles. The largest absolute Gasteiger partial charge is 0.463 e. The van der Waals surface area contributed by atoms with Crippen molar-refractivity contribution < 1.29 is 14.0 Å². The van der Waals surface area contributed by atoms with Gasteiger partial charge in [-0.25, -0.2) is 4.79 Å². The van der Waals surface area contributed by atoms with Crippen LogP contribution in [-0.2, 0) is 14.0 Å². The monoisotopic (exact) mass is 270 g/mol. The fourth-order valence-corrected chi connectivity index (χ4v) is 1.97. The first-order chi connectivity index (χ1) is 8.15. The quantitative estimate of drug-likeness (QED) is 0.320. The van der Waals surface area contributed by atoms with Crippen molar-refractivity contribution >= 4 is 14.3 Å². The van der Waals surface area contributed by atoms with E-state index in [1.807, 2.05) is 0 Å². The first-order valence-electron chi connectivity index (χ1n) is 6.28. The number of rotatable bonds is 6. The van der Waals surface area contributed by atoms with Crippen LogP contribution in [0.15, 0.2) is 24.3 Å². The minimum atomic E-state index is -1.85. The van der Waals surface area contributed by atoms with Gasteiger partial charge in [0.1, 0.15) is 0 Å². The van der Waals surface area contributed by atoms with E-state index < -0.39 is 8.32 Å². The molecule has 3 nitrogen and oxygen atoms in total. The van der Waals surface area contributed by atoms with Crippen LogP contribution in [0.2, 0.25) is 18.1 Å². The summed E-state index contributed by atoms with van der Waals surface area (Å²) < 4.78 is 11.0. The minimum absolute atomic E-state index is 0.126. The van der Waals surface area contributed by atoms with Crippen LogP contribution in [0.25, 0.3) is 0 Å². The lowest BCUT2D eigenvalue weighted by atomic mass is 10.2. The summed E-state index contributed by atoms with van der Waals surface area (Å²) in [4.78, 5) is 11.7. The molecule has 0 aliphatic carbocycles. The van der Waals surface area contributed by atoms with Crippen LogP contribution in [-0.4, -0.2) is 27.5 Å². The number of ether oxygens (including phenoxy) is 1. The van der Waals surface area contributed by atoms with Crippen molar-refractivity contribution in [2.24, 2.45) is 0 Å². The summed E-state index contributed by atoms with van der Waals surface area (Å²) >= 11 is 0. The SMILES string of the molecule is C=C/C=C(\CO[Si](C)(C)C(C)(C)C)C(=O)OCC. The summed E-state index contributed by atoms with van der Waals surface area (Å²) in [6, 6.07) is 0. The van der Waals surface area contributed by atoms with E-state index in [9.17, 15) is 4.79 Å². The van der Waals surface area contributed by atoms with Crippen LogP contribution in [0.5, 0.6) is 0 Å². The van der Waals surface area contributed by atoms with Gasteiger partial charge in [-0.3, -0.25) is 0 Å². The van der Waals surface area contributed by atoms with E-state index in [-0.39, 0.29) is 11.0 Å². The number of hydrogen-bond acceptors (Lipinski definition) is 3. The van der Waals surface area contributed by atoms with Crippen LogP contribution >= 0.6 is 0 Å². The number of esters is 1. The van der Waals surface area contributed by atoms with Crippen molar-refractivity contribution in [1.82, 2.24) is 0 Å². The second kappa shape index (κ2) is 6.90. The molecule has 0 aromatic rings. The van der Waals surface area contributed by atoms with E-state index in [1.54, 1.807) is 19.1 Å². The van der Waals surface area contributed by atoms with Crippen molar-refractivity contribution in [3.8, 4) is 0 Å². The fraction of sp³-hybridized carbons (Fsp3) is 0.643. The highest BCUT2D eigenvalue weighted by Gasteiger charge is 2.37. The van der Waals surface area contributed by atoms with Gasteiger partial charge in [-0.15, -0.1) is 0 Å². The standard InChI is InChI=1S/C14H26O3Si/c1-8-10-12(13(15)16-9-2)11-17-18(6,7)14(3,4)5/h8,10H,1,9,11H2,2-7H3/b12-10+. The van der Waals surface area contributed by atoms with Crippen LogP contribution < -0.4 is 0 Å². The van der Waals surface area contributed by atoms with Gasteiger partial charge in [-0.05, 0) is 25.1 Å². The maximum atomic E-state index is 11.7. The highest BCUT2D eigenvalue weighted by atomic mass is 28.4. The Kier molecular flexibility index (Phi) is 6.56. The lowest BCUT2D eigenvalue weighted by molar-refractivity contribution is -0.138. The van der Waals surface area contributed by atoms with Crippen LogP contribution in [0.1, 0.15) is 27.7 Å². The molecule has 0 amide bonds. The molecule has 0 aromatic carbocycles. The van der Waals surface area contributed by atoms with E-state index in [1.165, 1.54) is 0 Å². The number of hydrogen-bond donors (Lipinski definition) is 0. The Bertz CT molecular complexity index is 324. The molecule has 0 N–H and O–H groups in total. The normalized spacial score (nSPS) is 13.3. The molecule has 0 saturated heterocycles. The van der Waals surface area contributed by atoms with Crippen molar-refractivity contribution in [2.45, 2.75) is 45.8 Å².